The standard InChI is InChI=1S/C10H17N3O4/c11-8(14)5-7(10(16)17)13-9(15)6-1-3-12-4-2-6/h6-7,12H,1-5H2,(H2,11,14)(H,13,15)(H,16,17)/t7-/m1/s1. The molecule has 1 fully saturated rings. The van der Waals surface area contributed by atoms with Crippen LogP contribution in [-0.2, 0) is 14.4 Å². The molecule has 7 nitrogen and oxygen atoms in total. The fraction of sp³-hybridized carbons (Fsp3) is 0.700. The van der Waals surface area contributed by atoms with Crippen LogP contribution in [0.4, 0.5) is 0 Å². The molecule has 1 aliphatic heterocycles. The number of piperidine rings is 1. The first kappa shape index (κ1) is 13.4. The summed E-state index contributed by atoms with van der Waals surface area (Å²) in [4.78, 5) is 33.2. The van der Waals surface area contributed by atoms with E-state index in [2.05, 4.69) is 10.6 Å². The highest BCUT2D eigenvalue weighted by Gasteiger charge is 2.27. The number of carbonyl (C=O) groups excluding carboxylic acids is 2. The first-order valence-electron chi connectivity index (χ1n) is 5.53. The summed E-state index contributed by atoms with van der Waals surface area (Å²) in [6.45, 7) is 1.48. The van der Waals surface area contributed by atoms with Gasteiger partial charge < -0.3 is 21.5 Å². The van der Waals surface area contributed by atoms with Crippen LogP contribution in [-0.4, -0.2) is 42.0 Å². The second kappa shape index (κ2) is 6.19. The van der Waals surface area contributed by atoms with Crippen molar-refractivity contribution in [1.29, 1.82) is 0 Å². The third-order valence-corrected chi connectivity index (χ3v) is 2.73. The van der Waals surface area contributed by atoms with E-state index in [1.165, 1.54) is 0 Å². The molecule has 0 bridgehead atoms. The number of aliphatic carboxylic acids is 1. The Hall–Kier alpha value is -1.63. The lowest BCUT2D eigenvalue weighted by atomic mass is 9.96. The lowest BCUT2D eigenvalue weighted by molar-refractivity contribution is -0.144. The highest BCUT2D eigenvalue weighted by atomic mass is 16.4. The number of primary amides is 1. The largest absolute Gasteiger partial charge is 0.480 e. The van der Waals surface area contributed by atoms with E-state index in [-0.39, 0.29) is 18.2 Å². The van der Waals surface area contributed by atoms with Crippen molar-refractivity contribution in [3.8, 4) is 0 Å². The maximum Gasteiger partial charge on any atom is 0.326 e. The Morgan fingerprint density at radius 3 is 2.41 bits per heavy atom. The monoisotopic (exact) mass is 243 g/mol. The van der Waals surface area contributed by atoms with Crippen LogP contribution in [0.5, 0.6) is 0 Å². The molecule has 5 N–H and O–H groups in total. The van der Waals surface area contributed by atoms with Crippen LogP contribution in [0.2, 0.25) is 0 Å². The maximum atomic E-state index is 11.7. The minimum absolute atomic E-state index is 0.189. The molecule has 0 radical (unpaired) electrons. The highest BCUT2D eigenvalue weighted by Crippen LogP contribution is 2.12. The van der Waals surface area contributed by atoms with Crippen molar-refractivity contribution in [2.75, 3.05) is 13.1 Å². The number of hydrogen-bond donors (Lipinski definition) is 4. The summed E-state index contributed by atoms with van der Waals surface area (Å²) in [5.74, 6) is -2.50. The van der Waals surface area contributed by atoms with Crippen molar-refractivity contribution in [2.24, 2.45) is 11.7 Å². The van der Waals surface area contributed by atoms with Gasteiger partial charge in [-0.15, -0.1) is 0 Å². The highest BCUT2D eigenvalue weighted by molar-refractivity contribution is 5.88. The molecule has 0 saturated carbocycles. The summed E-state index contributed by atoms with van der Waals surface area (Å²) < 4.78 is 0. The zero-order valence-corrected chi connectivity index (χ0v) is 9.44. The van der Waals surface area contributed by atoms with E-state index in [0.717, 1.165) is 13.1 Å². The Bertz CT molecular complexity index is 313. The lowest BCUT2D eigenvalue weighted by Crippen LogP contribution is -2.47. The van der Waals surface area contributed by atoms with Gasteiger partial charge in [0.05, 0.1) is 6.42 Å². The summed E-state index contributed by atoms with van der Waals surface area (Å²) in [6, 6.07) is -1.23. The summed E-state index contributed by atoms with van der Waals surface area (Å²) in [7, 11) is 0. The minimum atomic E-state index is -1.24. The topological polar surface area (TPSA) is 122 Å². The van der Waals surface area contributed by atoms with E-state index in [4.69, 9.17) is 10.8 Å². The third-order valence-electron chi connectivity index (χ3n) is 2.73. The molecule has 2 amide bonds. The maximum absolute atomic E-state index is 11.7. The van der Waals surface area contributed by atoms with Gasteiger partial charge in [0, 0.05) is 5.92 Å². The van der Waals surface area contributed by atoms with E-state index in [9.17, 15) is 14.4 Å². The minimum Gasteiger partial charge on any atom is -0.480 e. The van der Waals surface area contributed by atoms with Crippen molar-refractivity contribution < 1.29 is 19.5 Å². The van der Waals surface area contributed by atoms with E-state index < -0.39 is 17.9 Å². The second-order valence-corrected chi connectivity index (χ2v) is 4.09. The Morgan fingerprint density at radius 1 is 1.35 bits per heavy atom. The molecule has 0 aliphatic carbocycles. The molecule has 0 spiro atoms. The zero-order chi connectivity index (χ0) is 12.8. The molecule has 0 aromatic carbocycles. The first-order chi connectivity index (χ1) is 8.00. The molecule has 1 atom stereocenters. The van der Waals surface area contributed by atoms with Crippen LogP contribution in [0.25, 0.3) is 0 Å². The third kappa shape index (κ3) is 4.39. The van der Waals surface area contributed by atoms with E-state index in [1.54, 1.807) is 0 Å². The number of carboxylic acid groups (broad SMARTS) is 1. The van der Waals surface area contributed by atoms with Crippen LogP contribution < -0.4 is 16.4 Å². The Balaban J connectivity index is 2.50. The molecule has 1 rings (SSSR count). The number of nitrogens with two attached hydrogens (primary N) is 1. The SMILES string of the molecule is NC(=O)C[C@@H](NC(=O)C1CCNCC1)C(=O)O. The Kier molecular flexibility index (Phi) is 4.89. The molecule has 1 saturated heterocycles. The summed E-state index contributed by atoms with van der Waals surface area (Å²) in [6.07, 6.45) is 0.968. The van der Waals surface area contributed by atoms with Crippen LogP contribution in [0.1, 0.15) is 19.3 Å². The van der Waals surface area contributed by atoms with Gasteiger partial charge in [-0.2, -0.15) is 0 Å². The van der Waals surface area contributed by atoms with Gasteiger partial charge in [0.15, 0.2) is 0 Å². The van der Waals surface area contributed by atoms with E-state index in [0.29, 0.717) is 12.8 Å². The molecule has 17 heavy (non-hydrogen) atoms. The fourth-order valence-corrected chi connectivity index (χ4v) is 1.77. The number of rotatable bonds is 5. The van der Waals surface area contributed by atoms with Gasteiger partial charge in [0.2, 0.25) is 11.8 Å². The van der Waals surface area contributed by atoms with Gasteiger partial charge in [0.1, 0.15) is 6.04 Å². The van der Waals surface area contributed by atoms with Crippen LogP contribution >= 0.6 is 0 Å². The van der Waals surface area contributed by atoms with Gasteiger partial charge in [-0.1, -0.05) is 0 Å². The van der Waals surface area contributed by atoms with Gasteiger partial charge in [-0.3, -0.25) is 9.59 Å². The van der Waals surface area contributed by atoms with Crippen molar-refractivity contribution in [3.05, 3.63) is 0 Å². The number of nitrogens with one attached hydrogen (secondary N) is 2. The van der Waals surface area contributed by atoms with Crippen molar-refractivity contribution in [2.45, 2.75) is 25.3 Å². The van der Waals surface area contributed by atoms with Crippen LogP contribution in [0.15, 0.2) is 0 Å². The van der Waals surface area contributed by atoms with Gasteiger partial charge in [-0.25, -0.2) is 4.79 Å². The van der Waals surface area contributed by atoms with Crippen LogP contribution in [0.3, 0.4) is 0 Å². The number of amides is 2. The van der Waals surface area contributed by atoms with Gasteiger partial charge in [-0.05, 0) is 25.9 Å². The van der Waals surface area contributed by atoms with Crippen LogP contribution in [0, 0.1) is 5.92 Å². The Labute approximate surface area is 98.7 Å². The molecule has 0 aromatic heterocycles. The first-order valence-corrected chi connectivity index (χ1v) is 5.53. The second-order valence-electron chi connectivity index (χ2n) is 4.09. The van der Waals surface area contributed by atoms with Gasteiger partial charge in [0.25, 0.3) is 0 Å². The summed E-state index contributed by atoms with van der Waals surface area (Å²) >= 11 is 0. The molecule has 7 heteroatoms. The number of hydrogen-bond acceptors (Lipinski definition) is 4. The predicted octanol–water partition coefficient (Wildman–Crippen LogP) is -1.57. The number of carbonyl (C=O) groups is 3. The average molecular weight is 243 g/mol. The van der Waals surface area contributed by atoms with Crippen molar-refractivity contribution >= 4 is 17.8 Å². The zero-order valence-electron chi connectivity index (χ0n) is 9.44. The molecule has 0 unspecified atom stereocenters. The average Bonchev–Trinajstić information content (AvgIpc) is 2.28. The molecule has 1 heterocycles. The predicted molar refractivity (Wildman–Crippen MR) is 59.0 cm³/mol. The normalized spacial score (nSPS) is 18.4. The Morgan fingerprint density at radius 2 is 1.94 bits per heavy atom. The fourth-order valence-electron chi connectivity index (χ4n) is 1.77. The van der Waals surface area contributed by atoms with Gasteiger partial charge >= 0.3 is 5.97 Å². The number of carboxylic acids is 1. The summed E-state index contributed by atoms with van der Waals surface area (Å²) in [5, 5.41) is 14.3. The summed E-state index contributed by atoms with van der Waals surface area (Å²) in [5.41, 5.74) is 4.92. The molecule has 0 aromatic rings. The molecular formula is C10H17N3O4. The van der Waals surface area contributed by atoms with E-state index >= 15 is 0 Å². The molecule has 96 valence electrons. The lowest BCUT2D eigenvalue weighted by Gasteiger charge is -2.23. The smallest absolute Gasteiger partial charge is 0.326 e. The van der Waals surface area contributed by atoms with E-state index in [1.807, 2.05) is 0 Å². The van der Waals surface area contributed by atoms with Crippen molar-refractivity contribution in [3.63, 3.8) is 0 Å². The van der Waals surface area contributed by atoms with Crippen molar-refractivity contribution in [1.82, 2.24) is 10.6 Å². The molecular weight excluding hydrogens is 226 g/mol. The molecule has 1 aliphatic rings. The quantitative estimate of drug-likeness (QED) is 0.465.